The van der Waals surface area contributed by atoms with Gasteiger partial charge in [-0.3, -0.25) is 9.52 Å². The number of fused-ring (bicyclic) bond motifs is 1. The van der Waals surface area contributed by atoms with Crippen molar-refractivity contribution in [3.8, 4) is 11.1 Å². The first-order valence-corrected chi connectivity index (χ1v) is 12.0. The number of rotatable bonds is 7. The summed E-state index contributed by atoms with van der Waals surface area (Å²) in [4.78, 5) is 19.7. The minimum absolute atomic E-state index is 0.0380. The van der Waals surface area contributed by atoms with Crippen LogP contribution in [0.3, 0.4) is 0 Å². The number of hydrogen-bond acceptors (Lipinski definition) is 4. The van der Waals surface area contributed by atoms with Gasteiger partial charge in [-0.15, -0.1) is 0 Å². The first-order valence-electron chi connectivity index (χ1n) is 10.3. The van der Waals surface area contributed by atoms with Gasteiger partial charge in [-0.25, -0.2) is 31.0 Å². The van der Waals surface area contributed by atoms with Gasteiger partial charge in [-0.05, 0) is 42.3 Å². The number of benzene rings is 2. The predicted octanol–water partition coefficient (Wildman–Crippen LogP) is 5.19. The maximum Gasteiger partial charge on any atom is 0.261 e. The summed E-state index contributed by atoms with van der Waals surface area (Å²) in [5.74, 6) is -5.63. The second-order valence-electron chi connectivity index (χ2n) is 7.64. The van der Waals surface area contributed by atoms with Gasteiger partial charge < -0.3 is 10.3 Å². The smallest absolute Gasteiger partial charge is 0.261 e. The number of carbonyl (C=O) groups is 1. The van der Waals surface area contributed by atoms with Crippen LogP contribution < -0.4 is 10.0 Å². The number of aromatic amines is 1. The Bertz CT molecular complexity index is 1530. The molecular formula is C23H18F4N4O3S. The first kappa shape index (κ1) is 24.2. The van der Waals surface area contributed by atoms with Crippen molar-refractivity contribution < 1.29 is 30.8 Å². The molecule has 2 aromatic heterocycles. The Balaban J connectivity index is 1.67. The van der Waals surface area contributed by atoms with Gasteiger partial charge in [0.1, 0.15) is 28.7 Å². The third-order valence-electron chi connectivity index (χ3n) is 5.02. The van der Waals surface area contributed by atoms with Crippen molar-refractivity contribution in [2.24, 2.45) is 0 Å². The van der Waals surface area contributed by atoms with Crippen molar-refractivity contribution in [3.63, 3.8) is 0 Å². The molecule has 0 bridgehead atoms. The van der Waals surface area contributed by atoms with E-state index in [-0.39, 0.29) is 23.4 Å². The molecule has 7 nitrogen and oxygen atoms in total. The molecule has 4 aromatic rings. The molecule has 2 heterocycles. The fraction of sp³-hybridized carbons (Fsp3) is 0.130. The van der Waals surface area contributed by atoms with Crippen LogP contribution in [0.1, 0.15) is 23.7 Å². The molecule has 0 spiro atoms. The van der Waals surface area contributed by atoms with Crippen LogP contribution in [0.4, 0.5) is 28.9 Å². The summed E-state index contributed by atoms with van der Waals surface area (Å²) in [6, 6.07) is 6.03. The topological polar surface area (TPSA) is 104 Å². The van der Waals surface area contributed by atoms with E-state index in [0.717, 1.165) is 30.3 Å². The number of hydrogen-bond donors (Lipinski definition) is 3. The molecule has 0 aliphatic heterocycles. The van der Waals surface area contributed by atoms with Crippen LogP contribution in [0.25, 0.3) is 22.2 Å². The van der Waals surface area contributed by atoms with Gasteiger partial charge >= 0.3 is 0 Å². The monoisotopic (exact) mass is 506 g/mol. The number of amides is 1. The molecule has 0 aliphatic rings. The number of halogens is 4. The number of nitrogens with zero attached hydrogens (tertiary/aromatic N) is 1. The summed E-state index contributed by atoms with van der Waals surface area (Å²) < 4.78 is 82.6. The summed E-state index contributed by atoms with van der Waals surface area (Å²) >= 11 is 0. The molecule has 0 saturated heterocycles. The van der Waals surface area contributed by atoms with Gasteiger partial charge in [-0.2, -0.15) is 0 Å². The van der Waals surface area contributed by atoms with Gasteiger partial charge in [0.05, 0.1) is 23.3 Å². The summed E-state index contributed by atoms with van der Waals surface area (Å²) in [6.45, 7) is 1.62. The summed E-state index contributed by atoms with van der Waals surface area (Å²) in [5.41, 5.74) is -0.596. The van der Waals surface area contributed by atoms with Crippen molar-refractivity contribution in [1.82, 2.24) is 9.97 Å². The molecule has 0 saturated carbocycles. The molecule has 2 aromatic carbocycles. The van der Waals surface area contributed by atoms with Crippen LogP contribution in [0.2, 0.25) is 0 Å². The quantitative estimate of drug-likeness (QED) is 0.300. The Hall–Kier alpha value is -3.93. The zero-order valence-electron chi connectivity index (χ0n) is 18.1. The van der Waals surface area contributed by atoms with Crippen LogP contribution in [-0.4, -0.2) is 30.0 Å². The summed E-state index contributed by atoms with van der Waals surface area (Å²) in [5, 5.41) is 2.70. The van der Waals surface area contributed by atoms with Crippen LogP contribution in [0.15, 0.2) is 48.8 Å². The third kappa shape index (κ3) is 5.11. The Kier molecular flexibility index (Phi) is 6.48. The van der Waals surface area contributed by atoms with Gasteiger partial charge in [0, 0.05) is 23.2 Å². The number of carbonyl (C=O) groups excluding carboxylic acids is 1. The fourth-order valence-electron chi connectivity index (χ4n) is 3.54. The van der Waals surface area contributed by atoms with Gasteiger partial charge in [-0.1, -0.05) is 6.92 Å². The lowest BCUT2D eigenvalue weighted by atomic mass is 10.1. The number of pyridine rings is 1. The molecule has 12 heteroatoms. The van der Waals surface area contributed by atoms with Gasteiger partial charge in [0.2, 0.25) is 10.0 Å². The van der Waals surface area contributed by atoms with E-state index in [1.165, 1.54) is 18.5 Å². The predicted molar refractivity (Wildman–Crippen MR) is 123 cm³/mol. The largest absolute Gasteiger partial charge is 0.346 e. The average Bonchev–Trinajstić information content (AvgIpc) is 3.18. The number of sulfonamides is 1. The highest BCUT2D eigenvalue weighted by atomic mass is 32.2. The van der Waals surface area contributed by atoms with E-state index in [0.29, 0.717) is 16.6 Å². The van der Waals surface area contributed by atoms with Crippen molar-refractivity contribution in [2.45, 2.75) is 13.3 Å². The maximum atomic E-state index is 14.9. The van der Waals surface area contributed by atoms with Crippen molar-refractivity contribution in [1.29, 1.82) is 0 Å². The standard InChI is InChI=1S/C23H18F4N4O3S/c1-2-5-35(33,34)31-19-4-3-18(26)20(21(19)27)23(32)30-15-9-16-17(11-29-22(16)28-10-15)12-6-13(24)8-14(25)7-12/h3-4,6-11,31H,2,5H2,1H3,(H,28,29)(H,30,32). The second kappa shape index (κ2) is 9.37. The van der Waals surface area contributed by atoms with Crippen LogP contribution >= 0.6 is 0 Å². The minimum Gasteiger partial charge on any atom is -0.346 e. The highest BCUT2D eigenvalue weighted by Crippen LogP contribution is 2.31. The Morgan fingerprint density at radius 3 is 2.46 bits per heavy atom. The Labute approximate surface area is 197 Å². The molecule has 35 heavy (non-hydrogen) atoms. The number of aromatic nitrogens is 2. The highest BCUT2D eigenvalue weighted by Gasteiger charge is 2.23. The highest BCUT2D eigenvalue weighted by molar-refractivity contribution is 7.92. The van der Waals surface area contributed by atoms with E-state index in [1.54, 1.807) is 6.92 Å². The van der Waals surface area contributed by atoms with Crippen LogP contribution in [0, 0.1) is 23.3 Å². The number of nitrogens with one attached hydrogen (secondary N) is 3. The van der Waals surface area contributed by atoms with E-state index < -0.39 is 50.5 Å². The molecule has 0 radical (unpaired) electrons. The first-order chi connectivity index (χ1) is 16.6. The molecule has 1 amide bonds. The van der Waals surface area contributed by atoms with E-state index >= 15 is 0 Å². The Morgan fingerprint density at radius 2 is 1.77 bits per heavy atom. The number of anilines is 2. The molecule has 4 rings (SSSR count). The average molecular weight is 506 g/mol. The SMILES string of the molecule is CCCS(=O)(=O)Nc1ccc(F)c(C(=O)Nc2cnc3[nH]cc(-c4cc(F)cc(F)c4)c3c2)c1F. The van der Waals surface area contributed by atoms with E-state index in [4.69, 9.17) is 0 Å². The van der Waals surface area contributed by atoms with Gasteiger partial charge in [0.15, 0.2) is 5.82 Å². The lowest BCUT2D eigenvalue weighted by molar-refractivity contribution is 0.101. The molecule has 0 aliphatic carbocycles. The summed E-state index contributed by atoms with van der Waals surface area (Å²) in [7, 11) is -3.89. The van der Waals surface area contributed by atoms with Crippen molar-refractivity contribution >= 4 is 38.3 Å². The molecule has 182 valence electrons. The zero-order valence-corrected chi connectivity index (χ0v) is 18.9. The molecule has 3 N–H and O–H groups in total. The van der Waals surface area contributed by atoms with Crippen molar-refractivity contribution in [2.75, 3.05) is 15.8 Å². The normalized spacial score (nSPS) is 11.6. The van der Waals surface area contributed by atoms with E-state index in [1.807, 2.05) is 4.72 Å². The van der Waals surface area contributed by atoms with Gasteiger partial charge in [0.25, 0.3) is 5.91 Å². The fourth-order valence-corrected chi connectivity index (χ4v) is 4.67. The Morgan fingerprint density at radius 1 is 1.06 bits per heavy atom. The van der Waals surface area contributed by atoms with Crippen LogP contribution in [0.5, 0.6) is 0 Å². The lowest BCUT2D eigenvalue weighted by Crippen LogP contribution is -2.20. The van der Waals surface area contributed by atoms with E-state index in [2.05, 4.69) is 15.3 Å². The molecular weight excluding hydrogens is 488 g/mol. The number of H-pyrrole nitrogens is 1. The second-order valence-corrected chi connectivity index (χ2v) is 9.48. The molecule has 0 atom stereocenters. The third-order valence-corrected chi connectivity index (χ3v) is 6.50. The van der Waals surface area contributed by atoms with Crippen molar-refractivity contribution in [3.05, 3.63) is 77.6 Å². The minimum atomic E-state index is -3.89. The zero-order chi connectivity index (χ0) is 25.3. The maximum absolute atomic E-state index is 14.9. The summed E-state index contributed by atoms with van der Waals surface area (Å²) in [6.07, 6.45) is 2.96. The van der Waals surface area contributed by atoms with Crippen LogP contribution in [-0.2, 0) is 10.0 Å². The molecule has 0 unspecified atom stereocenters. The van der Waals surface area contributed by atoms with E-state index in [9.17, 15) is 30.8 Å². The lowest BCUT2D eigenvalue weighted by Gasteiger charge is -2.12. The molecule has 0 fully saturated rings.